The van der Waals surface area contributed by atoms with E-state index >= 15 is 0 Å². The standard InChI is InChI=1S/C17H23N5O2/c1-3-24-14-8-6-13(7-9-14)12(2)19-17(23)18-11-16-21-20-15-5-4-10-22(15)16/h6-9,12H,3-5,10-11H2,1-2H3,(H2,18,19,23)/t12-/m1/s1. The van der Waals surface area contributed by atoms with Gasteiger partial charge in [-0.3, -0.25) is 0 Å². The van der Waals surface area contributed by atoms with Crippen molar-refractivity contribution in [3.8, 4) is 5.75 Å². The molecule has 0 radical (unpaired) electrons. The monoisotopic (exact) mass is 329 g/mol. The summed E-state index contributed by atoms with van der Waals surface area (Å²) in [6.07, 6.45) is 2.06. The molecule has 1 aliphatic rings. The number of urea groups is 1. The lowest BCUT2D eigenvalue weighted by Gasteiger charge is -2.15. The van der Waals surface area contributed by atoms with Crippen LogP contribution in [0.5, 0.6) is 5.75 Å². The van der Waals surface area contributed by atoms with Gasteiger partial charge in [-0.05, 0) is 38.0 Å². The minimum atomic E-state index is -0.216. The van der Waals surface area contributed by atoms with Crippen LogP contribution < -0.4 is 15.4 Å². The molecule has 0 fully saturated rings. The van der Waals surface area contributed by atoms with Crippen molar-refractivity contribution in [2.24, 2.45) is 0 Å². The van der Waals surface area contributed by atoms with Gasteiger partial charge >= 0.3 is 6.03 Å². The molecule has 0 aliphatic carbocycles. The number of rotatable bonds is 6. The van der Waals surface area contributed by atoms with Gasteiger partial charge in [-0.2, -0.15) is 0 Å². The molecule has 2 amide bonds. The normalized spacial score (nSPS) is 14.1. The third kappa shape index (κ3) is 3.67. The number of nitrogens with one attached hydrogen (secondary N) is 2. The van der Waals surface area contributed by atoms with Crippen molar-refractivity contribution in [1.29, 1.82) is 0 Å². The molecule has 0 bridgehead atoms. The van der Waals surface area contributed by atoms with Crippen molar-refractivity contribution >= 4 is 6.03 Å². The van der Waals surface area contributed by atoms with Crippen molar-refractivity contribution in [2.75, 3.05) is 6.61 Å². The van der Waals surface area contributed by atoms with Gasteiger partial charge in [0.25, 0.3) is 0 Å². The third-order valence-electron chi connectivity index (χ3n) is 4.13. The number of carbonyl (C=O) groups is 1. The van der Waals surface area contributed by atoms with E-state index in [-0.39, 0.29) is 12.1 Å². The Hall–Kier alpha value is -2.57. The maximum absolute atomic E-state index is 12.1. The topological polar surface area (TPSA) is 81.1 Å². The first kappa shape index (κ1) is 16.3. The lowest BCUT2D eigenvalue weighted by molar-refractivity contribution is 0.237. The van der Waals surface area contributed by atoms with Gasteiger partial charge in [0.1, 0.15) is 11.6 Å². The predicted molar refractivity (Wildman–Crippen MR) is 89.7 cm³/mol. The van der Waals surface area contributed by atoms with E-state index in [0.29, 0.717) is 13.2 Å². The molecule has 2 N–H and O–H groups in total. The summed E-state index contributed by atoms with van der Waals surface area (Å²) in [5.41, 5.74) is 1.02. The summed E-state index contributed by atoms with van der Waals surface area (Å²) in [5.74, 6) is 2.65. The Morgan fingerprint density at radius 1 is 1.33 bits per heavy atom. The summed E-state index contributed by atoms with van der Waals surface area (Å²) < 4.78 is 7.50. The average molecular weight is 329 g/mol. The highest BCUT2D eigenvalue weighted by Crippen LogP contribution is 2.17. The highest BCUT2D eigenvalue weighted by atomic mass is 16.5. The van der Waals surface area contributed by atoms with E-state index in [1.165, 1.54) is 0 Å². The van der Waals surface area contributed by atoms with E-state index in [0.717, 1.165) is 42.3 Å². The van der Waals surface area contributed by atoms with Crippen LogP contribution in [-0.2, 0) is 19.5 Å². The number of hydrogen-bond acceptors (Lipinski definition) is 4. The number of benzene rings is 1. The number of aromatic nitrogens is 3. The Morgan fingerprint density at radius 2 is 2.12 bits per heavy atom. The first-order valence-electron chi connectivity index (χ1n) is 8.35. The van der Waals surface area contributed by atoms with Gasteiger partial charge in [0, 0.05) is 13.0 Å². The van der Waals surface area contributed by atoms with Gasteiger partial charge in [-0.15, -0.1) is 10.2 Å². The molecule has 24 heavy (non-hydrogen) atoms. The lowest BCUT2D eigenvalue weighted by atomic mass is 10.1. The highest BCUT2D eigenvalue weighted by molar-refractivity contribution is 5.74. The molecule has 2 heterocycles. The maximum atomic E-state index is 12.1. The minimum Gasteiger partial charge on any atom is -0.494 e. The van der Waals surface area contributed by atoms with Gasteiger partial charge in [-0.1, -0.05) is 12.1 Å². The first-order valence-corrected chi connectivity index (χ1v) is 8.35. The molecule has 0 saturated carbocycles. The van der Waals surface area contributed by atoms with E-state index in [2.05, 4.69) is 25.4 Å². The van der Waals surface area contributed by atoms with Crippen LogP contribution in [-0.4, -0.2) is 27.4 Å². The molecule has 1 aromatic heterocycles. The van der Waals surface area contributed by atoms with E-state index in [1.54, 1.807) is 0 Å². The van der Waals surface area contributed by atoms with Gasteiger partial charge in [0.05, 0.1) is 19.2 Å². The van der Waals surface area contributed by atoms with Crippen LogP contribution in [0.25, 0.3) is 0 Å². The fourth-order valence-corrected chi connectivity index (χ4v) is 2.85. The zero-order chi connectivity index (χ0) is 16.9. The van der Waals surface area contributed by atoms with Crippen molar-refractivity contribution in [1.82, 2.24) is 25.4 Å². The number of carbonyl (C=O) groups excluding carboxylic acids is 1. The van der Waals surface area contributed by atoms with Crippen LogP contribution in [0, 0.1) is 0 Å². The Morgan fingerprint density at radius 3 is 2.88 bits per heavy atom. The van der Waals surface area contributed by atoms with Crippen LogP contribution in [0.4, 0.5) is 4.79 Å². The number of ether oxygens (including phenoxy) is 1. The Bertz CT molecular complexity index is 696. The van der Waals surface area contributed by atoms with Crippen LogP contribution in [0.3, 0.4) is 0 Å². The summed E-state index contributed by atoms with van der Waals surface area (Å²) in [4.78, 5) is 12.1. The zero-order valence-corrected chi connectivity index (χ0v) is 14.1. The summed E-state index contributed by atoms with van der Waals surface area (Å²) in [7, 11) is 0. The second-order valence-electron chi connectivity index (χ2n) is 5.84. The molecule has 7 heteroatoms. The molecule has 1 atom stereocenters. The maximum Gasteiger partial charge on any atom is 0.315 e. The fourth-order valence-electron chi connectivity index (χ4n) is 2.85. The molecule has 0 saturated heterocycles. The van der Waals surface area contributed by atoms with Crippen LogP contribution in [0.15, 0.2) is 24.3 Å². The molecule has 0 unspecified atom stereocenters. The second kappa shape index (κ2) is 7.33. The molecule has 128 valence electrons. The lowest BCUT2D eigenvalue weighted by Crippen LogP contribution is -2.37. The van der Waals surface area contributed by atoms with E-state index in [9.17, 15) is 4.79 Å². The van der Waals surface area contributed by atoms with Gasteiger partial charge in [-0.25, -0.2) is 4.79 Å². The average Bonchev–Trinajstić information content (AvgIpc) is 3.17. The van der Waals surface area contributed by atoms with Gasteiger partial charge in [0.2, 0.25) is 0 Å². The van der Waals surface area contributed by atoms with Crippen molar-refractivity contribution in [2.45, 2.75) is 45.8 Å². The number of aryl methyl sites for hydroxylation is 1. The zero-order valence-electron chi connectivity index (χ0n) is 14.1. The Labute approximate surface area is 141 Å². The van der Waals surface area contributed by atoms with Gasteiger partial charge in [0.15, 0.2) is 5.82 Å². The molecule has 0 spiro atoms. The number of amides is 2. The van der Waals surface area contributed by atoms with E-state index in [4.69, 9.17) is 4.74 Å². The van der Waals surface area contributed by atoms with E-state index < -0.39 is 0 Å². The van der Waals surface area contributed by atoms with Crippen molar-refractivity contribution in [3.63, 3.8) is 0 Å². The molecule has 2 aromatic rings. The third-order valence-corrected chi connectivity index (χ3v) is 4.13. The van der Waals surface area contributed by atoms with Crippen LogP contribution in [0.1, 0.15) is 43.5 Å². The SMILES string of the molecule is CCOc1ccc([C@@H](C)NC(=O)NCc2nnc3n2CCC3)cc1. The van der Waals surface area contributed by atoms with Crippen LogP contribution in [0.2, 0.25) is 0 Å². The number of nitrogens with zero attached hydrogens (tertiary/aromatic N) is 3. The summed E-state index contributed by atoms with van der Waals surface area (Å²) in [5, 5.41) is 14.0. The summed E-state index contributed by atoms with van der Waals surface area (Å²) in [6.45, 7) is 5.86. The summed E-state index contributed by atoms with van der Waals surface area (Å²) >= 11 is 0. The second-order valence-corrected chi connectivity index (χ2v) is 5.84. The number of fused-ring (bicyclic) bond motifs is 1. The first-order chi connectivity index (χ1) is 11.7. The predicted octanol–water partition coefficient (Wildman–Crippen LogP) is 2.18. The van der Waals surface area contributed by atoms with E-state index in [1.807, 2.05) is 38.1 Å². The van der Waals surface area contributed by atoms with Crippen LogP contribution >= 0.6 is 0 Å². The Kier molecular flexibility index (Phi) is 4.98. The largest absolute Gasteiger partial charge is 0.494 e. The molecule has 1 aromatic carbocycles. The van der Waals surface area contributed by atoms with Crippen molar-refractivity contribution in [3.05, 3.63) is 41.5 Å². The smallest absolute Gasteiger partial charge is 0.315 e. The fraction of sp³-hybridized carbons (Fsp3) is 0.471. The Balaban J connectivity index is 1.50. The molecule has 1 aliphatic heterocycles. The highest BCUT2D eigenvalue weighted by Gasteiger charge is 2.17. The van der Waals surface area contributed by atoms with Gasteiger partial charge < -0.3 is 19.9 Å². The van der Waals surface area contributed by atoms with Crippen molar-refractivity contribution < 1.29 is 9.53 Å². The molecule has 3 rings (SSSR count). The summed E-state index contributed by atoms with van der Waals surface area (Å²) in [6, 6.07) is 7.43. The molecular formula is C17H23N5O2. The molecule has 7 nitrogen and oxygen atoms in total. The number of hydrogen-bond donors (Lipinski definition) is 2. The quantitative estimate of drug-likeness (QED) is 0.851. The molecular weight excluding hydrogens is 306 g/mol. The minimum absolute atomic E-state index is 0.0928.